The van der Waals surface area contributed by atoms with E-state index in [9.17, 15) is 9.18 Å². The van der Waals surface area contributed by atoms with Crippen LogP contribution in [0.4, 0.5) is 10.1 Å². The molecule has 0 amide bonds. The maximum atomic E-state index is 13.6. The minimum Gasteiger partial charge on any atom is -0.398 e. The largest absolute Gasteiger partial charge is 0.398 e. The number of carbonyl (C=O) groups is 1. The molecular weight excluding hydrogens is 413 g/mol. The van der Waals surface area contributed by atoms with Gasteiger partial charge in [0, 0.05) is 24.5 Å². The number of benzene rings is 2. The average Bonchev–Trinajstić information content (AvgIpc) is 2.79. The number of Topliss-reactive ketones (excluding diaryl/α,β-unsaturated/α-hetero) is 1. The Morgan fingerprint density at radius 3 is 2.45 bits per heavy atom. The predicted octanol–water partition coefficient (Wildman–Crippen LogP) is 6.65. The summed E-state index contributed by atoms with van der Waals surface area (Å²) in [6.45, 7) is 4.94. The summed E-state index contributed by atoms with van der Waals surface area (Å²) >= 11 is 0. The molecular formula is C28H36FN3O. The van der Waals surface area contributed by atoms with Gasteiger partial charge in [0.05, 0.1) is 16.8 Å². The second-order valence-corrected chi connectivity index (χ2v) is 9.38. The van der Waals surface area contributed by atoms with Crippen LogP contribution in [-0.4, -0.2) is 36.3 Å². The molecule has 5 heteroatoms. The molecule has 0 aliphatic heterocycles. The van der Waals surface area contributed by atoms with Crippen LogP contribution in [-0.2, 0) is 0 Å². The molecule has 33 heavy (non-hydrogen) atoms. The molecule has 0 bridgehead atoms. The first-order chi connectivity index (χ1) is 15.8. The van der Waals surface area contributed by atoms with Crippen molar-refractivity contribution < 1.29 is 9.18 Å². The monoisotopic (exact) mass is 449 g/mol. The number of hydrogen-bond acceptors (Lipinski definition) is 4. The van der Waals surface area contributed by atoms with Gasteiger partial charge in [-0.05, 0) is 80.7 Å². The SMILES string of the molecule is CCC(=O)c1cnc2ccc(-c3cc(C)cc(F)c3)cc2c1N.CN(C)CC1CCCCC1. The van der Waals surface area contributed by atoms with Gasteiger partial charge in [0.15, 0.2) is 5.78 Å². The molecule has 4 nitrogen and oxygen atoms in total. The third-order valence-corrected chi connectivity index (χ3v) is 6.25. The molecule has 4 rings (SSSR count). The van der Waals surface area contributed by atoms with Crippen molar-refractivity contribution in [1.29, 1.82) is 0 Å². The van der Waals surface area contributed by atoms with Gasteiger partial charge in [-0.25, -0.2) is 4.39 Å². The molecule has 2 N–H and O–H groups in total. The number of aryl methyl sites for hydroxylation is 1. The van der Waals surface area contributed by atoms with E-state index in [1.807, 2.05) is 31.2 Å². The van der Waals surface area contributed by atoms with Crippen molar-refractivity contribution in [2.24, 2.45) is 5.92 Å². The molecule has 0 atom stereocenters. The van der Waals surface area contributed by atoms with Crippen molar-refractivity contribution in [1.82, 2.24) is 9.88 Å². The number of ketones is 1. The van der Waals surface area contributed by atoms with E-state index in [-0.39, 0.29) is 11.6 Å². The zero-order chi connectivity index (χ0) is 24.0. The lowest BCUT2D eigenvalue weighted by atomic mass is 9.89. The third-order valence-electron chi connectivity index (χ3n) is 6.25. The van der Waals surface area contributed by atoms with Crippen LogP contribution in [0.3, 0.4) is 0 Å². The van der Waals surface area contributed by atoms with E-state index in [2.05, 4.69) is 24.0 Å². The van der Waals surface area contributed by atoms with Crippen LogP contribution in [0.25, 0.3) is 22.0 Å². The fourth-order valence-electron chi connectivity index (χ4n) is 4.59. The molecule has 3 aromatic rings. The number of rotatable bonds is 5. The number of aromatic nitrogens is 1. The fraction of sp³-hybridized carbons (Fsp3) is 0.429. The number of nitrogens with two attached hydrogens (primary N) is 1. The number of pyridine rings is 1. The van der Waals surface area contributed by atoms with Crippen molar-refractivity contribution in [3.8, 4) is 11.1 Å². The smallest absolute Gasteiger partial charge is 0.166 e. The zero-order valence-electron chi connectivity index (χ0n) is 20.3. The van der Waals surface area contributed by atoms with E-state index in [1.54, 1.807) is 6.92 Å². The third kappa shape index (κ3) is 6.61. The number of anilines is 1. The van der Waals surface area contributed by atoms with Crippen LogP contribution in [0.2, 0.25) is 0 Å². The molecule has 1 heterocycles. The van der Waals surface area contributed by atoms with E-state index < -0.39 is 0 Å². The van der Waals surface area contributed by atoms with Gasteiger partial charge in [0.1, 0.15) is 5.82 Å². The first-order valence-electron chi connectivity index (χ1n) is 11.9. The molecule has 0 radical (unpaired) electrons. The van der Waals surface area contributed by atoms with Crippen molar-refractivity contribution in [2.45, 2.75) is 52.4 Å². The Balaban J connectivity index is 0.000000257. The molecule has 1 aliphatic rings. The van der Waals surface area contributed by atoms with Gasteiger partial charge in [-0.3, -0.25) is 9.78 Å². The van der Waals surface area contributed by atoms with E-state index in [0.29, 0.717) is 28.6 Å². The van der Waals surface area contributed by atoms with Crippen molar-refractivity contribution >= 4 is 22.4 Å². The van der Waals surface area contributed by atoms with Gasteiger partial charge >= 0.3 is 0 Å². The number of nitrogens with zero attached hydrogens (tertiary/aromatic N) is 2. The number of carbonyl (C=O) groups excluding carboxylic acids is 1. The molecule has 1 saturated carbocycles. The number of nitrogen functional groups attached to an aromatic ring is 1. The highest BCUT2D eigenvalue weighted by Crippen LogP contribution is 2.30. The Kier molecular flexibility index (Phi) is 8.56. The minimum atomic E-state index is -0.277. The topological polar surface area (TPSA) is 59.2 Å². The summed E-state index contributed by atoms with van der Waals surface area (Å²) < 4.78 is 13.6. The molecule has 1 aliphatic carbocycles. The van der Waals surface area contributed by atoms with Crippen LogP contribution in [0.1, 0.15) is 61.4 Å². The van der Waals surface area contributed by atoms with Crippen molar-refractivity contribution in [3.05, 3.63) is 59.5 Å². The summed E-state index contributed by atoms with van der Waals surface area (Å²) in [5.41, 5.74) is 10.2. The van der Waals surface area contributed by atoms with E-state index in [1.165, 1.54) is 57.0 Å². The Labute approximate surface area is 197 Å². The lowest BCUT2D eigenvalue weighted by Crippen LogP contribution is -2.23. The normalized spacial score (nSPS) is 14.2. The maximum Gasteiger partial charge on any atom is 0.166 e. The van der Waals surface area contributed by atoms with Crippen LogP contribution >= 0.6 is 0 Å². The molecule has 0 saturated heterocycles. The van der Waals surface area contributed by atoms with Crippen molar-refractivity contribution in [2.75, 3.05) is 26.4 Å². The van der Waals surface area contributed by atoms with E-state index in [4.69, 9.17) is 5.73 Å². The van der Waals surface area contributed by atoms with Crippen LogP contribution < -0.4 is 5.73 Å². The van der Waals surface area contributed by atoms with Gasteiger partial charge < -0.3 is 10.6 Å². The highest BCUT2D eigenvalue weighted by molar-refractivity contribution is 6.07. The van der Waals surface area contributed by atoms with Gasteiger partial charge in [0.25, 0.3) is 0 Å². The van der Waals surface area contributed by atoms with Gasteiger partial charge in [-0.2, -0.15) is 0 Å². The van der Waals surface area contributed by atoms with Crippen LogP contribution in [0.15, 0.2) is 42.6 Å². The summed E-state index contributed by atoms with van der Waals surface area (Å²) in [5, 5.41) is 0.712. The first-order valence-corrected chi connectivity index (χ1v) is 11.9. The zero-order valence-corrected chi connectivity index (χ0v) is 20.3. The second-order valence-electron chi connectivity index (χ2n) is 9.38. The Bertz CT molecular complexity index is 1080. The number of fused-ring (bicyclic) bond motifs is 1. The fourth-order valence-corrected chi connectivity index (χ4v) is 4.59. The lowest BCUT2D eigenvalue weighted by molar-refractivity contribution is 0.0989. The van der Waals surface area contributed by atoms with Crippen LogP contribution in [0.5, 0.6) is 0 Å². The van der Waals surface area contributed by atoms with E-state index >= 15 is 0 Å². The predicted molar refractivity (Wildman–Crippen MR) is 136 cm³/mol. The molecule has 0 unspecified atom stereocenters. The summed E-state index contributed by atoms with van der Waals surface area (Å²) in [4.78, 5) is 18.6. The van der Waals surface area contributed by atoms with Gasteiger partial charge in [-0.15, -0.1) is 0 Å². The highest BCUT2D eigenvalue weighted by atomic mass is 19.1. The summed E-state index contributed by atoms with van der Waals surface area (Å²) in [6, 6.07) is 10.5. The second kappa shape index (κ2) is 11.4. The molecule has 176 valence electrons. The summed E-state index contributed by atoms with van der Waals surface area (Å²) in [7, 11) is 4.35. The Morgan fingerprint density at radius 1 is 1.09 bits per heavy atom. The van der Waals surface area contributed by atoms with Gasteiger partial charge in [-0.1, -0.05) is 38.3 Å². The lowest BCUT2D eigenvalue weighted by Gasteiger charge is -2.24. The van der Waals surface area contributed by atoms with Crippen LogP contribution in [0, 0.1) is 18.7 Å². The first kappa shape index (κ1) is 24.8. The quantitative estimate of drug-likeness (QED) is 0.443. The maximum absolute atomic E-state index is 13.6. The highest BCUT2D eigenvalue weighted by Gasteiger charge is 2.14. The molecule has 1 fully saturated rings. The summed E-state index contributed by atoms with van der Waals surface area (Å²) in [5.74, 6) is 0.689. The Morgan fingerprint density at radius 2 is 1.82 bits per heavy atom. The van der Waals surface area contributed by atoms with E-state index in [0.717, 1.165) is 22.6 Å². The molecule has 1 aromatic heterocycles. The number of halogens is 1. The Hall–Kier alpha value is -2.79. The van der Waals surface area contributed by atoms with Crippen molar-refractivity contribution in [3.63, 3.8) is 0 Å². The minimum absolute atomic E-state index is 0.0381. The standard InChI is InChI=1S/C19H17FN2O.C9H19N/c1-3-18(23)16-10-22-17-5-4-12(9-15(17)19(16)21)13-6-11(2)7-14(20)8-13;1-10(2)8-9-6-4-3-5-7-9/h4-10H,3H2,1-2H3,(H2,21,22);9H,3-8H2,1-2H3. The molecule has 0 spiro atoms. The average molecular weight is 450 g/mol. The summed E-state index contributed by atoms with van der Waals surface area (Å²) in [6.07, 6.45) is 9.26. The molecule has 2 aromatic carbocycles. The van der Waals surface area contributed by atoms with Gasteiger partial charge in [0.2, 0.25) is 0 Å². The number of hydrogen-bond donors (Lipinski definition) is 1.